The molecule has 0 fully saturated rings. The van der Waals surface area contributed by atoms with E-state index in [1.54, 1.807) is 31.6 Å². The van der Waals surface area contributed by atoms with Gasteiger partial charge in [-0.1, -0.05) is 12.2 Å². The Morgan fingerprint density at radius 1 is 1.53 bits per heavy atom. The third-order valence-electron chi connectivity index (χ3n) is 1.72. The summed E-state index contributed by atoms with van der Waals surface area (Å²) in [5.41, 5.74) is 0.845. The molecular weight excluding hydrogens is 194 g/mol. The Morgan fingerprint density at radius 2 is 2.20 bits per heavy atom. The molecule has 0 spiro atoms. The molecular formula is C10H13N3O2. The van der Waals surface area contributed by atoms with E-state index in [9.17, 15) is 4.79 Å². The van der Waals surface area contributed by atoms with Gasteiger partial charge in [0, 0.05) is 25.0 Å². The number of nitrogens with one attached hydrogen (secondary N) is 1. The van der Waals surface area contributed by atoms with Crippen LogP contribution in [0.5, 0.6) is 0 Å². The van der Waals surface area contributed by atoms with Gasteiger partial charge in [-0.3, -0.25) is 4.79 Å². The number of methoxy groups -OCH3 is 1. The summed E-state index contributed by atoms with van der Waals surface area (Å²) < 4.78 is 4.49. The third kappa shape index (κ3) is 3.76. The van der Waals surface area contributed by atoms with Crippen LogP contribution in [-0.4, -0.2) is 30.1 Å². The van der Waals surface area contributed by atoms with Crippen molar-refractivity contribution in [1.29, 1.82) is 0 Å². The molecule has 15 heavy (non-hydrogen) atoms. The van der Waals surface area contributed by atoms with E-state index < -0.39 is 0 Å². The highest BCUT2D eigenvalue weighted by Gasteiger charge is 1.95. The lowest BCUT2D eigenvalue weighted by Gasteiger charge is -1.97. The summed E-state index contributed by atoms with van der Waals surface area (Å²) >= 11 is 0. The summed E-state index contributed by atoms with van der Waals surface area (Å²) in [5.74, 6) is 0.305. The SMILES string of the molecule is CNc1ncc(C=CCC(=O)OC)cn1. The molecule has 1 rings (SSSR count). The molecule has 1 heterocycles. The molecule has 0 aromatic carbocycles. The first-order valence-corrected chi connectivity index (χ1v) is 4.49. The average Bonchev–Trinajstić information content (AvgIpc) is 2.29. The number of rotatable bonds is 4. The van der Waals surface area contributed by atoms with E-state index in [2.05, 4.69) is 20.0 Å². The van der Waals surface area contributed by atoms with E-state index in [0.29, 0.717) is 5.95 Å². The van der Waals surface area contributed by atoms with E-state index in [1.807, 2.05) is 0 Å². The normalized spacial score (nSPS) is 10.3. The quantitative estimate of drug-likeness (QED) is 0.749. The Morgan fingerprint density at radius 3 is 2.73 bits per heavy atom. The van der Waals surface area contributed by atoms with Crippen molar-refractivity contribution in [2.75, 3.05) is 19.5 Å². The van der Waals surface area contributed by atoms with Crippen LogP contribution in [0.4, 0.5) is 5.95 Å². The standard InChI is InChI=1S/C10H13N3O2/c1-11-10-12-6-8(7-13-10)4-3-5-9(14)15-2/h3-4,6-7H,5H2,1-2H3,(H,11,12,13). The molecule has 0 unspecified atom stereocenters. The van der Waals surface area contributed by atoms with Gasteiger partial charge in [0.25, 0.3) is 0 Å². The number of anilines is 1. The minimum atomic E-state index is -0.265. The summed E-state index contributed by atoms with van der Waals surface area (Å²) in [5, 5.41) is 2.82. The zero-order chi connectivity index (χ0) is 11.1. The number of carbonyl (C=O) groups excluding carboxylic acids is 1. The topological polar surface area (TPSA) is 64.1 Å². The van der Waals surface area contributed by atoms with Crippen LogP contribution in [0.25, 0.3) is 6.08 Å². The number of aromatic nitrogens is 2. The van der Waals surface area contributed by atoms with Crippen molar-refractivity contribution in [3.05, 3.63) is 24.0 Å². The van der Waals surface area contributed by atoms with Gasteiger partial charge in [-0.05, 0) is 0 Å². The van der Waals surface area contributed by atoms with Crippen LogP contribution >= 0.6 is 0 Å². The Labute approximate surface area is 88.2 Å². The molecule has 0 atom stereocenters. The number of ether oxygens (including phenoxy) is 1. The van der Waals surface area contributed by atoms with E-state index in [1.165, 1.54) is 7.11 Å². The van der Waals surface area contributed by atoms with Crippen LogP contribution < -0.4 is 5.32 Å². The molecule has 0 saturated heterocycles. The number of esters is 1. The first kappa shape index (κ1) is 11.2. The molecule has 0 saturated carbocycles. The summed E-state index contributed by atoms with van der Waals surface area (Å²) in [6.07, 6.45) is 7.09. The van der Waals surface area contributed by atoms with Crippen LogP contribution in [0.3, 0.4) is 0 Å². The second-order valence-corrected chi connectivity index (χ2v) is 2.77. The van der Waals surface area contributed by atoms with Gasteiger partial charge in [-0.15, -0.1) is 0 Å². The zero-order valence-corrected chi connectivity index (χ0v) is 8.73. The van der Waals surface area contributed by atoms with Gasteiger partial charge in [0.2, 0.25) is 5.95 Å². The van der Waals surface area contributed by atoms with Crippen LogP contribution in [0.1, 0.15) is 12.0 Å². The maximum Gasteiger partial charge on any atom is 0.309 e. The molecule has 0 aliphatic heterocycles. The van der Waals surface area contributed by atoms with Gasteiger partial charge in [0.15, 0.2) is 0 Å². The molecule has 0 aliphatic carbocycles. The summed E-state index contributed by atoms with van der Waals surface area (Å²) in [6.45, 7) is 0. The molecule has 1 N–H and O–H groups in total. The Balaban J connectivity index is 2.53. The third-order valence-corrected chi connectivity index (χ3v) is 1.72. The van der Waals surface area contributed by atoms with Crippen LogP contribution in [0, 0.1) is 0 Å². The first-order chi connectivity index (χ1) is 7.26. The van der Waals surface area contributed by atoms with Gasteiger partial charge >= 0.3 is 5.97 Å². The predicted octanol–water partition coefficient (Wildman–Crippen LogP) is 1.09. The smallest absolute Gasteiger partial charge is 0.309 e. The largest absolute Gasteiger partial charge is 0.469 e. The first-order valence-electron chi connectivity index (χ1n) is 4.49. The van der Waals surface area contributed by atoms with Crippen molar-refractivity contribution < 1.29 is 9.53 Å². The summed E-state index contributed by atoms with van der Waals surface area (Å²) in [4.78, 5) is 18.8. The van der Waals surface area contributed by atoms with Crippen molar-refractivity contribution in [2.24, 2.45) is 0 Å². The number of hydrogen-bond acceptors (Lipinski definition) is 5. The highest BCUT2D eigenvalue weighted by atomic mass is 16.5. The summed E-state index contributed by atoms with van der Waals surface area (Å²) in [6, 6.07) is 0. The minimum Gasteiger partial charge on any atom is -0.469 e. The Kier molecular flexibility index (Phi) is 4.28. The molecule has 0 amide bonds. The number of nitrogens with zero attached hydrogens (tertiary/aromatic N) is 2. The second kappa shape index (κ2) is 5.74. The van der Waals surface area contributed by atoms with Crippen molar-refractivity contribution in [3.8, 4) is 0 Å². The minimum absolute atomic E-state index is 0.254. The van der Waals surface area contributed by atoms with Crippen molar-refractivity contribution >= 4 is 18.0 Å². The summed E-state index contributed by atoms with van der Waals surface area (Å²) in [7, 11) is 3.11. The van der Waals surface area contributed by atoms with Gasteiger partial charge in [-0.25, -0.2) is 9.97 Å². The second-order valence-electron chi connectivity index (χ2n) is 2.77. The maximum absolute atomic E-state index is 10.8. The number of carbonyl (C=O) groups is 1. The van der Waals surface area contributed by atoms with Gasteiger partial charge in [0.05, 0.1) is 13.5 Å². The predicted molar refractivity (Wildman–Crippen MR) is 57.2 cm³/mol. The maximum atomic E-state index is 10.8. The van der Waals surface area contributed by atoms with Gasteiger partial charge in [0.1, 0.15) is 0 Å². The highest BCUT2D eigenvalue weighted by Crippen LogP contribution is 2.02. The lowest BCUT2D eigenvalue weighted by Crippen LogP contribution is -1.97. The lowest BCUT2D eigenvalue weighted by atomic mass is 10.3. The van der Waals surface area contributed by atoms with Gasteiger partial charge < -0.3 is 10.1 Å². The van der Waals surface area contributed by atoms with E-state index in [4.69, 9.17) is 0 Å². The lowest BCUT2D eigenvalue weighted by molar-refractivity contribution is -0.139. The van der Waals surface area contributed by atoms with E-state index >= 15 is 0 Å². The van der Waals surface area contributed by atoms with E-state index in [-0.39, 0.29) is 12.4 Å². The molecule has 1 aromatic heterocycles. The zero-order valence-electron chi connectivity index (χ0n) is 8.73. The molecule has 0 radical (unpaired) electrons. The molecule has 0 bridgehead atoms. The van der Waals surface area contributed by atoms with Crippen molar-refractivity contribution in [2.45, 2.75) is 6.42 Å². The van der Waals surface area contributed by atoms with Crippen LogP contribution in [-0.2, 0) is 9.53 Å². The molecule has 5 nitrogen and oxygen atoms in total. The molecule has 80 valence electrons. The highest BCUT2D eigenvalue weighted by molar-refractivity contribution is 5.72. The fourth-order valence-corrected chi connectivity index (χ4v) is 0.928. The van der Waals surface area contributed by atoms with E-state index in [0.717, 1.165) is 5.56 Å². The average molecular weight is 207 g/mol. The van der Waals surface area contributed by atoms with Crippen LogP contribution in [0.15, 0.2) is 18.5 Å². The van der Waals surface area contributed by atoms with Crippen molar-refractivity contribution in [1.82, 2.24) is 9.97 Å². The number of hydrogen-bond donors (Lipinski definition) is 1. The molecule has 1 aromatic rings. The monoisotopic (exact) mass is 207 g/mol. The Hall–Kier alpha value is -1.91. The Bertz CT molecular complexity index is 346. The van der Waals surface area contributed by atoms with Crippen molar-refractivity contribution in [3.63, 3.8) is 0 Å². The molecule has 5 heteroatoms. The van der Waals surface area contributed by atoms with Crippen LogP contribution in [0.2, 0.25) is 0 Å². The van der Waals surface area contributed by atoms with Gasteiger partial charge in [-0.2, -0.15) is 0 Å². The fraction of sp³-hybridized carbons (Fsp3) is 0.300. The molecule has 0 aliphatic rings. The fourth-order valence-electron chi connectivity index (χ4n) is 0.928.